The molecule has 6 nitrogen and oxygen atoms in total. The second-order valence-electron chi connectivity index (χ2n) is 8.31. The lowest BCUT2D eigenvalue weighted by molar-refractivity contribution is -0.137. The molecule has 0 aliphatic rings. The molecule has 3 aromatic carbocycles. The maximum absolute atomic E-state index is 13.8. The molecular weight excluding hydrogens is 497 g/mol. The minimum absolute atomic E-state index is 0.00180. The molecule has 0 amide bonds. The number of alkyl halides is 3. The van der Waals surface area contributed by atoms with Crippen LogP contribution in [0.2, 0.25) is 0 Å². The average Bonchev–Trinajstić information content (AvgIpc) is 2.92. The Morgan fingerprint density at radius 2 is 1.66 bits per heavy atom. The van der Waals surface area contributed by atoms with E-state index in [4.69, 9.17) is 4.74 Å². The van der Waals surface area contributed by atoms with E-state index < -0.39 is 28.8 Å². The number of hydrogen-bond donors (Lipinski definition) is 0. The fraction of sp³-hybridized carbons (Fsp3) is 0.138. The van der Waals surface area contributed by atoms with Crippen LogP contribution in [0, 0.1) is 11.3 Å². The van der Waals surface area contributed by atoms with E-state index in [1.807, 2.05) is 0 Å². The van der Waals surface area contributed by atoms with Gasteiger partial charge in [0.05, 0.1) is 30.5 Å². The summed E-state index contributed by atoms with van der Waals surface area (Å²) in [6, 6.07) is 24.0. The van der Waals surface area contributed by atoms with Gasteiger partial charge in [-0.15, -0.1) is 0 Å². The first kappa shape index (κ1) is 26.2. The van der Waals surface area contributed by atoms with Crippen molar-refractivity contribution < 1.29 is 27.4 Å². The van der Waals surface area contributed by atoms with Crippen molar-refractivity contribution in [2.45, 2.75) is 19.3 Å². The number of hydrogen-bond acceptors (Lipinski definition) is 5. The third-order valence-electron chi connectivity index (χ3n) is 5.81. The lowest BCUT2D eigenvalue weighted by Gasteiger charge is -2.18. The van der Waals surface area contributed by atoms with E-state index in [-0.39, 0.29) is 18.8 Å². The van der Waals surface area contributed by atoms with E-state index in [2.05, 4.69) is 4.74 Å². The number of carbonyl (C=O) groups is 1. The van der Waals surface area contributed by atoms with Crippen molar-refractivity contribution in [1.82, 2.24) is 4.57 Å². The summed E-state index contributed by atoms with van der Waals surface area (Å²) in [5.41, 5.74) is -1.15. The number of pyridine rings is 1. The molecule has 192 valence electrons. The van der Waals surface area contributed by atoms with Crippen LogP contribution in [-0.2, 0) is 24.1 Å². The smallest absolute Gasteiger partial charge is 0.417 e. The van der Waals surface area contributed by atoms with Gasteiger partial charge in [-0.2, -0.15) is 18.4 Å². The van der Waals surface area contributed by atoms with Crippen LogP contribution in [0.1, 0.15) is 32.6 Å². The Hall–Kier alpha value is -4.84. The maximum Gasteiger partial charge on any atom is 0.417 e. The molecule has 0 saturated carbocycles. The molecule has 38 heavy (non-hydrogen) atoms. The summed E-state index contributed by atoms with van der Waals surface area (Å²) < 4.78 is 53.1. The van der Waals surface area contributed by atoms with Gasteiger partial charge in [-0.1, -0.05) is 54.6 Å². The highest BCUT2D eigenvalue weighted by atomic mass is 19.4. The molecule has 0 aliphatic carbocycles. The highest BCUT2D eigenvalue weighted by Gasteiger charge is 2.36. The van der Waals surface area contributed by atoms with Crippen LogP contribution in [-0.4, -0.2) is 17.6 Å². The van der Waals surface area contributed by atoms with Crippen molar-refractivity contribution in [2.24, 2.45) is 0 Å². The van der Waals surface area contributed by atoms with Gasteiger partial charge in [-0.3, -0.25) is 4.79 Å². The Bertz CT molecular complexity index is 1550. The Labute approximate surface area is 216 Å². The lowest BCUT2D eigenvalue weighted by atomic mass is 10.0. The minimum Gasteiger partial charge on any atom is -0.489 e. The van der Waals surface area contributed by atoms with Crippen molar-refractivity contribution in [2.75, 3.05) is 7.11 Å². The number of methoxy groups -OCH3 is 1. The molecule has 0 bridgehead atoms. The molecule has 0 unspecified atom stereocenters. The van der Waals surface area contributed by atoms with Crippen LogP contribution >= 0.6 is 0 Å². The predicted molar refractivity (Wildman–Crippen MR) is 134 cm³/mol. The van der Waals surface area contributed by atoms with E-state index >= 15 is 0 Å². The number of benzene rings is 3. The van der Waals surface area contributed by atoms with Crippen LogP contribution in [0.3, 0.4) is 0 Å². The number of esters is 1. The molecule has 0 atom stereocenters. The van der Waals surface area contributed by atoms with Gasteiger partial charge in [0.25, 0.3) is 5.56 Å². The number of nitrogens with zero attached hydrogens (tertiary/aromatic N) is 2. The topological polar surface area (TPSA) is 81.3 Å². The molecule has 0 N–H and O–H groups in total. The summed E-state index contributed by atoms with van der Waals surface area (Å²) in [6.45, 7) is 0.0996. The first-order chi connectivity index (χ1) is 18.2. The molecule has 0 saturated heterocycles. The minimum atomic E-state index is -4.89. The molecule has 4 aromatic rings. The van der Waals surface area contributed by atoms with Gasteiger partial charge in [0, 0.05) is 5.56 Å². The van der Waals surface area contributed by atoms with Crippen LogP contribution in [0.4, 0.5) is 13.2 Å². The Kier molecular flexibility index (Phi) is 7.63. The first-order valence-electron chi connectivity index (χ1n) is 11.4. The van der Waals surface area contributed by atoms with Crippen LogP contribution in [0.15, 0.2) is 89.7 Å². The largest absolute Gasteiger partial charge is 0.489 e. The second kappa shape index (κ2) is 11.0. The van der Waals surface area contributed by atoms with E-state index in [9.17, 15) is 28.0 Å². The van der Waals surface area contributed by atoms with E-state index in [1.165, 1.54) is 19.2 Å². The van der Waals surface area contributed by atoms with Gasteiger partial charge < -0.3 is 14.0 Å². The van der Waals surface area contributed by atoms with Gasteiger partial charge in [-0.05, 0) is 41.5 Å². The lowest BCUT2D eigenvalue weighted by Crippen LogP contribution is -2.28. The number of rotatable bonds is 7. The van der Waals surface area contributed by atoms with Crippen molar-refractivity contribution >= 4 is 5.97 Å². The van der Waals surface area contributed by atoms with Gasteiger partial charge in [-0.25, -0.2) is 4.79 Å². The van der Waals surface area contributed by atoms with Gasteiger partial charge in [0.2, 0.25) is 0 Å². The SMILES string of the molecule is COC(=O)c1ccc(COc2cccc(-c3cc(C(F)(F)F)c(C#N)c(=O)n3Cc3ccccc3)c2)cc1. The van der Waals surface area contributed by atoms with Crippen molar-refractivity contribution in [3.8, 4) is 23.1 Å². The zero-order valence-electron chi connectivity index (χ0n) is 20.2. The van der Waals surface area contributed by atoms with Gasteiger partial charge >= 0.3 is 12.1 Å². The average molecular weight is 518 g/mol. The number of halogens is 3. The van der Waals surface area contributed by atoms with Crippen LogP contribution in [0.5, 0.6) is 5.75 Å². The molecular formula is C29H21F3N2O4. The molecule has 0 radical (unpaired) electrons. The molecule has 0 spiro atoms. The second-order valence-corrected chi connectivity index (χ2v) is 8.31. The van der Waals surface area contributed by atoms with Crippen LogP contribution < -0.4 is 10.3 Å². The predicted octanol–water partition coefficient (Wildman–Crippen LogP) is 5.82. The van der Waals surface area contributed by atoms with Crippen molar-refractivity contribution in [3.63, 3.8) is 0 Å². The van der Waals surface area contributed by atoms with Gasteiger partial charge in [0.1, 0.15) is 24.0 Å². The van der Waals surface area contributed by atoms with E-state index in [0.29, 0.717) is 22.4 Å². The summed E-state index contributed by atoms with van der Waals surface area (Å²) in [6.07, 6.45) is -4.89. The zero-order valence-corrected chi connectivity index (χ0v) is 20.2. The summed E-state index contributed by atoms with van der Waals surface area (Å²) >= 11 is 0. The van der Waals surface area contributed by atoms with Crippen LogP contribution in [0.25, 0.3) is 11.3 Å². The Morgan fingerprint density at radius 1 is 0.947 bits per heavy atom. The summed E-state index contributed by atoms with van der Waals surface area (Å²) in [4.78, 5) is 24.7. The molecule has 4 rings (SSSR count). The number of ether oxygens (including phenoxy) is 2. The van der Waals surface area contributed by atoms with Gasteiger partial charge in [0.15, 0.2) is 0 Å². The highest BCUT2D eigenvalue weighted by molar-refractivity contribution is 5.89. The number of nitriles is 1. The fourth-order valence-electron chi connectivity index (χ4n) is 3.91. The Balaban J connectivity index is 1.72. The monoisotopic (exact) mass is 518 g/mol. The number of aromatic nitrogens is 1. The van der Waals surface area contributed by atoms with Crippen molar-refractivity contribution in [1.29, 1.82) is 5.26 Å². The van der Waals surface area contributed by atoms with E-state index in [1.54, 1.807) is 72.8 Å². The molecule has 1 heterocycles. The third-order valence-corrected chi connectivity index (χ3v) is 5.81. The summed E-state index contributed by atoms with van der Waals surface area (Å²) in [5, 5.41) is 9.39. The third kappa shape index (κ3) is 5.76. The Morgan fingerprint density at radius 3 is 2.29 bits per heavy atom. The van der Waals surface area contributed by atoms with E-state index in [0.717, 1.165) is 16.2 Å². The summed E-state index contributed by atoms with van der Waals surface area (Å²) in [5.74, 6) is -0.108. The normalized spacial score (nSPS) is 11.0. The number of carbonyl (C=O) groups excluding carboxylic acids is 1. The quantitative estimate of drug-likeness (QED) is 0.288. The fourth-order valence-corrected chi connectivity index (χ4v) is 3.91. The molecule has 1 aromatic heterocycles. The maximum atomic E-state index is 13.8. The molecule has 9 heteroatoms. The molecule has 0 fully saturated rings. The summed E-state index contributed by atoms with van der Waals surface area (Å²) in [7, 11) is 1.29. The first-order valence-corrected chi connectivity index (χ1v) is 11.4. The highest BCUT2D eigenvalue weighted by Crippen LogP contribution is 2.34. The standard InChI is InChI=1S/C29H21F3N2O4/c1-37-28(36)21-12-10-20(11-13-21)18-38-23-9-5-8-22(14-23)26-15-25(29(30,31)32)24(16-33)27(35)34(26)17-19-6-3-2-4-7-19/h2-15H,17-18H2,1H3. The van der Waals surface area contributed by atoms with Crippen molar-refractivity contribution in [3.05, 3.63) is 123 Å². The molecule has 0 aliphatic heterocycles. The zero-order chi connectivity index (χ0) is 27.3.